The Morgan fingerprint density at radius 2 is 1.16 bits per heavy atom. The first-order valence-electron chi connectivity index (χ1n) is 13.7. The molecular formula is C28H40N2OS7. The number of rotatable bonds is 12. The maximum Gasteiger partial charge on any atom is 0.108 e. The van der Waals surface area contributed by atoms with Crippen molar-refractivity contribution in [1.82, 2.24) is 9.80 Å². The molecule has 0 aromatic carbocycles. The van der Waals surface area contributed by atoms with E-state index in [1.54, 1.807) is 0 Å². The predicted molar refractivity (Wildman–Crippen MR) is 185 cm³/mol. The van der Waals surface area contributed by atoms with E-state index in [2.05, 4.69) is 49.6 Å². The van der Waals surface area contributed by atoms with E-state index in [0.29, 0.717) is 11.8 Å². The Hall–Kier alpha value is 0.450. The molecule has 0 aromatic heterocycles. The highest BCUT2D eigenvalue weighted by molar-refractivity contribution is 8.03. The summed E-state index contributed by atoms with van der Waals surface area (Å²) in [6.07, 6.45) is 12.6. The molecule has 0 aliphatic carbocycles. The van der Waals surface area contributed by atoms with E-state index in [1.807, 2.05) is 23.5 Å². The van der Waals surface area contributed by atoms with Gasteiger partial charge in [0.25, 0.3) is 0 Å². The van der Waals surface area contributed by atoms with Crippen molar-refractivity contribution >= 4 is 104 Å². The van der Waals surface area contributed by atoms with Crippen LogP contribution in [0.5, 0.6) is 0 Å². The zero-order valence-electron chi connectivity index (χ0n) is 23.0. The number of hydrogen-bond acceptors (Lipinski definition) is 7. The highest BCUT2D eigenvalue weighted by Gasteiger charge is 2.41. The molecule has 4 aliphatic heterocycles. The zero-order chi connectivity index (χ0) is 27.7. The van der Waals surface area contributed by atoms with Gasteiger partial charge in [-0.05, 0) is 113 Å². The summed E-state index contributed by atoms with van der Waals surface area (Å²) in [4.78, 5) is 10.9. The van der Waals surface area contributed by atoms with Crippen LogP contribution in [0.15, 0.2) is 22.0 Å². The second-order valence-corrected chi connectivity index (χ2v) is 17.6. The van der Waals surface area contributed by atoms with Crippen LogP contribution in [0.2, 0.25) is 0 Å². The summed E-state index contributed by atoms with van der Waals surface area (Å²) in [7, 11) is 0. The van der Waals surface area contributed by atoms with Crippen molar-refractivity contribution in [3.63, 3.8) is 0 Å². The van der Waals surface area contributed by atoms with Gasteiger partial charge in [0, 0.05) is 22.9 Å². The average Bonchev–Trinajstić information content (AvgIpc) is 3.49. The lowest BCUT2D eigenvalue weighted by atomic mass is 9.91. The van der Waals surface area contributed by atoms with Gasteiger partial charge in [-0.15, -0.1) is 23.5 Å². The summed E-state index contributed by atoms with van der Waals surface area (Å²) >= 11 is 26.3. The monoisotopic (exact) mass is 644 g/mol. The Kier molecular flexibility index (Phi) is 10.9. The molecule has 0 N–H and O–H groups in total. The highest BCUT2D eigenvalue weighted by Crippen LogP contribution is 2.44. The number of nitrogens with zero attached hydrogens (tertiary/aromatic N) is 2. The van der Waals surface area contributed by atoms with Crippen LogP contribution in [-0.4, -0.2) is 68.4 Å². The van der Waals surface area contributed by atoms with E-state index < -0.39 is 11.2 Å². The molecule has 0 aromatic rings. The van der Waals surface area contributed by atoms with Crippen LogP contribution in [0.25, 0.3) is 0 Å². The molecule has 2 fully saturated rings. The van der Waals surface area contributed by atoms with E-state index in [4.69, 9.17) is 48.9 Å². The second kappa shape index (κ2) is 13.2. The Balaban J connectivity index is 1.15. The van der Waals surface area contributed by atoms with Crippen LogP contribution in [0.3, 0.4) is 0 Å². The number of thiocarbonyl (C=S) groups is 4. The minimum atomic E-state index is -0.776. The third-order valence-electron chi connectivity index (χ3n) is 8.08. The molecule has 2 unspecified atom stereocenters. The summed E-state index contributed by atoms with van der Waals surface area (Å²) in [5, 5.41) is 0. The van der Waals surface area contributed by atoms with Gasteiger partial charge >= 0.3 is 0 Å². The van der Waals surface area contributed by atoms with Gasteiger partial charge in [-0.1, -0.05) is 60.0 Å². The number of hydrogen-bond donors (Lipinski definition) is 0. The van der Waals surface area contributed by atoms with Gasteiger partial charge in [-0.2, -0.15) is 0 Å². The van der Waals surface area contributed by atoms with E-state index in [0.717, 1.165) is 94.3 Å². The fraction of sp³-hybridized carbons (Fsp3) is 0.714. The Labute approximate surface area is 262 Å². The van der Waals surface area contributed by atoms with Crippen LogP contribution in [-0.2, 0) is 11.2 Å². The molecule has 0 radical (unpaired) electrons. The fourth-order valence-electron chi connectivity index (χ4n) is 5.91. The standard InChI is InChI=1S/C28H40N2OS7/c1-27(2,29-23(32)17-21-19(25(29)34)9-13-36-21)11-5-7-15-38(31)16-8-6-12-28(3,4)30-24(33)18-22-20(26(30)35)10-14-37-22/h17-20H,5-16H2,1-4H3. The van der Waals surface area contributed by atoms with Crippen molar-refractivity contribution in [2.24, 2.45) is 11.8 Å². The van der Waals surface area contributed by atoms with E-state index in [1.165, 1.54) is 9.81 Å². The third kappa shape index (κ3) is 7.08. The van der Waals surface area contributed by atoms with E-state index >= 15 is 0 Å². The van der Waals surface area contributed by atoms with Crippen LogP contribution in [0.1, 0.15) is 79.1 Å². The van der Waals surface area contributed by atoms with Crippen molar-refractivity contribution in [2.75, 3.05) is 23.0 Å². The number of unbranched alkanes of at least 4 members (excludes halogenated alkanes) is 2. The maximum absolute atomic E-state index is 12.7. The molecule has 4 aliphatic rings. The largest absolute Gasteiger partial charge is 0.616 e. The lowest BCUT2D eigenvalue weighted by molar-refractivity contribution is 0.279. The van der Waals surface area contributed by atoms with Crippen molar-refractivity contribution < 1.29 is 4.55 Å². The smallest absolute Gasteiger partial charge is 0.108 e. The normalized spacial score (nSPS) is 25.0. The van der Waals surface area contributed by atoms with Crippen LogP contribution in [0.4, 0.5) is 0 Å². The Morgan fingerprint density at radius 3 is 1.55 bits per heavy atom. The molecule has 2 atom stereocenters. The predicted octanol–water partition coefficient (Wildman–Crippen LogP) is 7.85. The van der Waals surface area contributed by atoms with Crippen molar-refractivity contribution in [3.05, 3.63) is 22.0 Å². The summed E-state index contributed by atoms with van der Waals surface area (Å²) in [6, 6.07) is 0. The Morgan fingerprint density at radius 1 is 0.763 bits per heavy atom. The average molecular weight is 645 g/mol. The molecule has 4 heterocycles. The molecule has 210 valence electrons. The quantitative estimate of drug-likeness (QED) is 0.120. The molecule has 4 rings (SSSR count). The number of fused-ring (bicyclic) bond motifs is 2. The van der Waals surface area contributed by atoms with Crippen molar-refractivity contribution in [1.29, 1.82) is 0 Å². The molecule has 2 saturated heterocycles. The molecular weight excluding hydrogens is 605 g/mol. The summed E-state index contributed by atoms with van der Waals surface area (Å²) in [5.41, 5.74) is -0.224. The molecule has 0 amide bonds. The highest BCUT2D eigenvalue weighted by atomic mass is 32.2. The molecule has 10 heteroatoms. The van der Waals surface area contributed by atoms with E-state index in [-0.39, 0.29) is 11.1 Å². The zero-order valence-corrected chi connectivity index (χ0v) is 28.7. The third-order valence-corrected chi connectivity index (χ3v) is 13.5. The fourth-order valence-corrected chi connectivity index (χ4v) is 12.1. The van der Waals surface area contributed by atoms with Gasteiger partial charge in [-0.25, -0.2) is 0 Å². The first-order chi connectivity index (χ1) is 17.9. The van der Waals surface area contributed by atoms with Crippen LogP contribution in [0, 0.1) is 11.8 Å². The molecule has 0 spiro atoms. The van der Waals surface area contributed by atoms with Gasteiger partial charge in [0.15, 0.2) is 0 Å². The molecule has 0 saturated carbocycles. The van der Waals surface area contributed by atoms with Crippen LogP contribution < -0.4 is 0 Å². The number of thioether (sulfide) groups is 2. The Bertz CT molecular complexity index is 954. The lowest BCUT2D eigenvalue weighted by Gasteiger charge is -2.44. The molecule has 0 bridgehead atoms. The van der Waals surface area contributed by atoms with Gasteiger partial charge < -0.3 is 14.4 Å². The molecule has 38 heavy (non-hydrogen) atoms. The maximum atomic E-state index is 12.7. The first kappa shape index (κ1) is 31.4. The summed E-state index contributed by atoms with van der Waals surface area (Å²) in [6.45, 7) is 8.97. The minimum absolute atomic E-state index is 0.112. The topological polar surface area (TPSA) is 29.5 Å². The van der Waals surface area contributed by atoms with Gasteiger partial charge in [0.1, 0.15) is 21.5 Å². The minimum Gasteiger partial charge on any atom is -0.616 e. The second-order valence-electron chi connectivity index (χ2n) is 11.9. The SMILES string of the molecule is CC(C)(CCCC[S+]([O-])CCCCC(C)(C)N1C(=S)C=C2SCCC2C1=S)N1C(=S)C=C2SCCC2C1=S. The lowest BCUT2D eigenvalue weighted by Crippen LogP contribution is -2.53. The van der Waals surface area contributed by atoms with Gasteiger partial charge in [-0.3, -0.25) is 0 Å². The first-order valence-corrected chi connectivity index (χ1v) is 18.8. The van der Waals surface area contributed by atoms with Gasteiger partial charge in [0.05, 0.1) is 9.98 Å². The summed E-state index contributed by atoms with van der Waals surface area (Å²) < 4.78 is 12.7. The van der Waals surface area contributed by atoms with Crippen LogP contribution >= 0.6 is 72.4 Å². The molecule has 3 nitrogen and oxygen atoms in total. The van der Waals surface area contributed by atoms with Crippen molar-refractivity contribution in [2.45, 2.75) is 90.1 Å². The van der Waals surface area contributed by atoms with E-state index in [9.17, 15) is 4.55 Å². The summed E-state index contributed by atoms with van der Waals surface area (Å²) in [5.74, 6) is 4.54. The van der Waals surface area contributed by atoms with Gasteiger partial charge in [0.2, 0.25) is 0 Å². The van der Waals surface area contributed by atoms with Crippen molar-refractivity contribution in [3.8, 4) is 0 Å².